The zero-order valence-corrected chi connectivity index (χ0v) is 7.85. The summed E-state index contributed by atoms with van der Waals surface area (Å²) in [6, 6.07) is 0. The molecule has 0 unspecified atom stereocenters. The van der Waals surface area contributed by atoms with Gasteiger partial charge in [0, 0.05) is 26.4 Å². The van der Waals surface area contributed by atoms with Gasteiger partial charge in [0.15, 0.2) is 0 Å². The summed E-state index contributed by atoms with van der Waals surface area (Å²) >= 11 is 0. The molecule has 13 heavy (non-hydrogen) atoms. The summed E-state index contributed by atoms with van der Waals surface area (Å²) in [6.07, 6.45) is 1.00. The summed E-state index contributed by atoms with van der Waals surface area (Å²) in [5.74, 6) is 0. The zero-order valence-electron chi connectivity index (χ0n) is 7.85. The highest BCUT2D eigenvalue weighted by Crippen LogP contribution is 1.84. The number of hydrogen-bond acceptors (Lipinski definition) is 5. The van der Waals surface area contributed by atoms with Crippen LogP contribution in [0.1, 0.15) is 12.8 Å². The number of epoxide rings is 1. The van der Waals surface area contributed by atoms with Gasteiger partial charge in [-0.05, 0) is 12.8 Å². The Bertz CT molecular complexity index is 54.8. The first kappa shape index (κ1) is 15.3. The predicted molar refractivity (Wildman–Crippen MR) is 48.4 cm³/mol. The molecule has 0 spiro atoms. The van der Waals surface area contributed by atoms with Crippen LogP contribution in [0.25, 0.3) is 0 Å². The Labute approximate surface area is 78.6 Å². The van der Waals surface area contributed by atoms with E-state index in [0.29, 0.717) is 12.8 Å². The van der Waals surface area contributed by atoms with Crippen molar-refractivity contribution in [2.24, 2.45) is 0 Å². The molecule has 0 aromatic carbocycles. The van der Waals surface area contributed by atoms with Gasteiger partial charge in [0.1, 0.15) is 0 Å². The molecular weight excluding hydrogens is 176 g/mol. The number of rotatable bonds is 4. The van der Waals surface area contributed by atoms with Gasteiger partial charge < -0.3 is 25.2 Å². The summed E-state index contributed by atoms with van der Waals surface area (Å²) in [7, 11) is 0. The largest absolute Gasteiger partial charge is 0.396 e. The molecule has 0 aromatic rings. The maximum absolute atomic E-state index is 7.91. The minimum absolute atomic E-state index is 0.0938. The number of hydrogen-bond donors (Lipinski definition) is 4. The highest BCUT2D eigenvalue weighted by Gasteiger charge is 1.94. The third-order valence-electron chi connectivity index (χ3n) is 0.837. The van der Waals surface area contributed by atoms with E-state index in [4.69, 9.17) is 20.4 Å². The Morgan fingerprint density at radius 2 is 0.923 bits per heavy atom. The molecule has 0 saturated carbocycles. The van der Waals surface area contributed by atoms with Crippen molar-refractivity contribution in [2.75, 3.05) is 39.6 Å². The van der Waals surface area contributed by atoms with Crippen LogP contribution in [0.3, 0.4) is 0 Å². The fourth-order valence-corrected chi connectivity index (χ4v) is 0.141. The number of aliphatic hydroxyl groups is 4. The van der Waals surface area contributed by atoms with E-state index in [1.165, 1.54) is 0 Å². The molecule has 1 aliphatic rings. The van der Waals surface area contributed by atoms with E-state index in [2.05, 4.69) is 4.74 Å². The van der Waals surface area contributed by atoms with Crippen LogP contribution in [0.15, 0.2) is 0 Å². The van der Waals surface area contributed by atoms with Gasteiger partial charge in [-0.15, -0.1) is 0 Å². The van der Waals surface area contributed by atoms with E-state index in [1.54, 1.807) is 0 Å². The quantitative estimate of drug-likeness (QED) is 0.421. The summed E-state index contributed by atoms with van der Waals surface area (Å²) in [5.41, 5.74) is 0. The Balaban J connectivity index is 0. The van der Waals surface area contributed by atoms with Crippen LogP contribution in [-0.2, 0) is 4.74 Å². The van der Waals surface area contributed by atoms with Gasteiger partial charge in [-0.1, -0.05) is 0 Å². The van der Waals surface area contributed by atoms with Crippen LogP contribution in [0, 0.1) is 0 Å². The number of aliphatic hydroxyl groups excluding tert-OH is 4. The van der Waals surface area contributed by atoms with E-state index in [0.717, 1.165) is 13.2 Å². The fraction of sp³-hybridized carbons (Fsp3) is 1.00. The van der Waals surface area contributed by atoms with Crippen LogP contribution < -0.4 is 0 Å². The van der Waals surface area contributed by atoms with Gasteiger partial charge in [0.05, 0.1) is 13.2 Å². The minimum atomic E-state index is 0.0938. The maximum Gasteiger partial charge on any atom is 0.0701 e. The van der Waals surface area contributed by atoms with E-state index >= 15 is 0 Å². The van der Waals surface area contributed by atoms with Crippen molar-refractivity contribution < 1.29 is 25.2 Å². The lowest BCUT2D eigenvalue weighted by molar-refractivity contribution is 0.220. The average Bonchev–Trinajstić information content (AvgIpc) is 2.94. The summed E-state index contributed by atoms with van der Waals surface area (Å²) < 4.78 is 4.50. The fourth-order valence-electron chi connectivity index (χ4n) is 0.141. The first-order chi connectivity index (χ1) is 6.33. The molecule has 5 nitrogen and oxygen atoms in total. The molecule has 0 aromatic heterocycles. The van der Waals surface area contributed by atoms with Crippen molar-refractivity contribution in [3.63, 3.8) is 0 Å². The molecule has 0 atom stereocenters. The molecule has 1 saturated heterocycles. The van der Waals surface area contributed by atoms with E-state index in [1.807, 2.05) is 0 Å². The van der Waals surface area contributed by atoms with E-state index in [-0.39, 0.29) is 26.4 Å². The van der Waals surface area contributed by atoms with Crippen LogP contribution in [0.5, 0.6) is 0 Å². The second kappa shape index (κ2) is 17.8. The Hall–Kier alpha value is -0.200. The highest BCUT2D eigenvalue weighted by atomic mass is 16.6. The molecule has 0 bridgehead atoms. The van der Waals surface area contributed by atoms with Crippen LogP contribution in [-0.4, -0.2) is 60.1 Å². The van der Waals surface area contributed by atoms with E-state index < -0.39 is 0 Å². The lowest BCUT2D eigenvalue weighted by Crippen LogP contribution is -1.85. The second-order valence-electron chi connectivity index (χ2n) is 2.21. The molecule has 0 radical (unpaired) electrons. The van der Waals surface area contributed by atoms with Gasteiger partial charge in [0.25, 0.3) is 0 Å². The summed E-state index contributed by atoms with van der Waals surface area (Å²) in [5, 5.41) is 31.6. The maximum atomic E-state index is 7.91. The van der Waals surface area contributed by atoms with Crippen molar-refractivity contribution in [3.05, 3.63) is 0 Å². The van der Waals surface area contributed by atoms with Crippen LogP contribution in [0.2, 0.25) is 0 Å². The molecule has 1 rings (SSSR count). The Kier molecular flexibility index (Phi) is 20.9. The van der Waals surface area contributed by atoms with Crippen LogP contribution >= 0.6 is 0 Å². The van der Waals surface area contributed by atoms with Gasteiger partial charge in [0.2, 0.25) is 0 Å². The molecular formula is C8H20O5. The average molecular weight is 196 g/mol. The topological polar surface area (TPSA) is 93.5 Å². The van der Waals surface area contributed by atoms with Crippen molar-refractivity contribution in [1.82, 2.24) is 0 Å². The standard InChI is InChI=1S/2C3H8O2.C2H4O/c2*4-2-1-3-5;1-2-3-1/h2*4-5H,1-3H2;1-2H2. The third kappa shape index (κ3) is 49.2. The van der Waals surface area contributed by atoms with Crippen molar-refractivity contribution >= 4 is 0 Å². The number of ether oxygens (including phenoxy) is 1. The smallest absolute Gasteiger partial charge is 0.0701 e. The van der Waals surface area contributed by atoms with Gasteiger partial charge in [-0.3, -0.25) is 0 Å². The van der Waals surface area contributed by atoms with Gasteiger partial charge >= 0.3 is 0 Å². The van der Waals surface area contributed by atoms with Crippen molar-refractivity contribution in [2.45, 2.75) is 12.8 Å². The van der Waals surface area contributed by atoms with Crippen molar-refractivity contribution in [1.29, 1.82) is 0 Å². The molecule has 0 amide bonds. The second-order valence-corrected chi connectivity index (χ2v) is 2.21. The lowest BCUT2D eigenvalue weighted by atomic mass is 10.5. The molecule has 0 aliphatic carbocycles. The first-order valence-corrected chi connectivity index (χ1v) is 4.34. The molecule has 4 N–H and O–H groups in total. The summed E-state index contributed by atoms with van der Waals surface area (Å²) in [4.78, 5) is 0. The molecule has 5 heteroatoms. The normalized spacial score (nSPS) is 12.0. The first-order valence-electron chi connectivity index (χ1n) is 4.34. The summed E-state index contributed by atoms with van der Waals surface area (Å²) in [6.45, 7) is 2.38. The molecule has 82 valence electrons. The monoisotopic (exact) mass is 196 g/mol. The predicted octanol–water partition coefficient (Wildman–Crippen LogP) is -1.26. The Morgan fingerprint density at radius 3 is 0.923 bits per heavy atom. The minimum Gasteiger partial charge on any atom is -0.396 e. The van der Waals surface area contributed by atoms with Crippen molar-refractivity contribution in [3.8, 4) is 0 Å². The van der Waals surface area contributed by atoms with Gasteiger partial charge in [-0.2, -0.15) is 0 Å². The van der Waals surface area contributed by atoms with Gasteiger partial charge in [-0.25, -0.2) is 0 Å². The highest BCUT2D eigenvalue weighted by molar-refractivity contribution is 4.36. The zero-order chi connectivity index (χ0) is 10.4. The SMILES string of the molecule is C1CO1.OCCCO.OCCCO. The third-order valence-corrected chi connectivity index (χ3v) is 0.837. The molecule has 1 heterocycles. The molecule has 1 fully saturated rings. The van der Waals surface area contributed by atoms with E-state index in [9.17, 15) is 0 Å². The van der Waals surface area contributed by atoms with Crippen LogP contribution in [0.4, 0.5) is 0 Å². The lowest BCUT2D eigenvalue weighted by Gasteiger charge is -1.79. The molecule has 1 aliphatic heterocycles. The Morgan fingerprint density at radius 1 is 0.692 bits per heavy atom.